The summed E-state index contributed by atoms with van der Waals surface area (Å²) in [6.07, 6.45) is 0.904. The predicted molar refractivity (Wildman–Crippen MR) is 76.8 cm³/mol. The van der Waals surface area contributed by atoms with Crippen LogP contribution in [0.1, 0.15) is 32.8 Å². The molecule has 0 aliphatic carbocycles. The van der Waals surface area contributed by atoms with E-state index in [1.165, 1.54) is 0 Å². The molecule has 1 heterocycles. The van der Waals surface area contributed by atoms with Crippen molar-refractivity contribution in [1.82, 2.24) is 10.6 Å². The summed E-state index contributed by atoms with van der Waals surface area (Å²) in [5.41, 5.74) is 0.911. The van der Waals surface area contributed by atoms with Gasteiger partial charge in [0, 0.05) is 12.1 Å². The highest BCUT2D eigenvalue weighted by Gasteiger charge is 2.17. The van der Waals surface area contributed by atoms with E-state index in [0.717, 1.165) is 23.5 Å². The molecule has 0 saturated carbocycles. The third-order valence-corrected chi connectivity index (χ3v) is 3.41. The van der Waals surface area contributed by atoms with Gasteiger partial charge in [0.05, 0.1) is 6.54 Å². The van der Waals surface area contributed by atoms with Crippen molar-refractivity contribution in [3.63, 3.8) is 0 Å². The zero-order chi connectivity index (χ0) is 14.6. The molecule has 0 fully saturated rings. The molecule has 1 aliphatic rings. The average molecular weight is 278 g/mol. The van der Waals surface area contributed by atoms with Crippen LogP contribution in [0.25, 0.3) is 0 Å². The van der Waals surface area contributed by atoms with Gasteiger partial charge < -0.3 is 20.1 Å². The normalized spacial score (nSPS) is 13.3. The quantitative estimate of drug-likeness (QED) is 0.833. The van der Waals surface area contributed by atoms with Gasteiger partial charge in [-0.1, -0.05) is 13.0 Å². The number of amides is 1. The Bertz CT molecular complexity index is 486. The van der Waals surface area contributed by atoms with Crippen LogP contribution >= 0.6 is 0 Å². The Balaban J connectivity index is 1.77. The van der Waals surface area contributed by atoms with Gasteiger partial charge in [-0.3, -0.25) is 4.79 Å². The summed E-state index contributed by atoms with van der Waals surface area (Å²) in [7, 11) is 0. The standard InChI is InChI=1S/C15H22N2O3/c1-4-15(2,3)17-14(18)9-16-8-11-5-6-12-13(7-11)20-10-19-12/h5-7,16H,4,8-10H2,1-3H3,(H,17,18). The highest BCUT2D eigenvalue weighted by Crippen LogP contribution is 2.32. The van der Waals surface area contributed by atoms with Crippen molar-refractivity contribution in [1.29, 1.82) is 0 Å². The number of benzene rings is 1. The Morgan fingerprint density at radius 3 is 2.80 bits per heavy atom. The summed E-state index contributed by atoms with van der Waals surface area (Å²) in [5, 5.41) is 6.12. The van der Waals surface area contributed by atoms with Crippen molar-refractivity contribution in [3.05, 3.63) is 23.8 Å². The first-order chi connectivity index (χ1) is 9.50. The van der Waals surface area contributed by atoms with Gasteiger partial charge in [-0.05, 0) is 38.0 Å². The highest BCUT2D eigenvalue weighted by molar-refractivity contribution is 5.78. The summed E-state index contributed by atoms with van der Waals surface area (Å²) < 4.78 is 10.6. The second kappa shape index (κ2) is 6.13. The van der Waals surface area contributed by atoms with Crippen LogP contribution < -0.4 is 20.1 Å². The summed E-state index contributed by atoms with van der Waals surface area (Å²) in [6, 6.07) is 5.79. The Morgan fingerprint density at radius 1 is 1.30 bits per heavy atom. The lowest BCUT2D eigenvalue weighted by Crippen LogP contribution is -2.46. The molecule has 0 spiro atoms. The van der Waals surface area contributed by atoms with Crippen LogP contribution in [0.4, 0.5) is 0 Å². The number of carbonyl (C=O) groups is 1. The number of rotatable bonds is 6. The molecule has 1 amide bonds. The number of fused-ring (bicyclic) bond motifs is 1. The van der Waals surface area contributed by atoms with Gasteiger partial charge >= 0.3 is 0 Å². The topological polar surface area (TPSA) is 59.6 Å². The van der Waals surface area contributed by atoms with Crippen LogP contribution in [0, 0.1) is 0 Å². The summed E-state index contributed by atoms with van der Waals surface area (Å²) in [6.45, 7) is 7.29. The van der Waals surface area contributed by atoms with Crippen LogP contribution in [0.2, 0.25) is 0 Å². The maximum absolute atomic E-state index is 11.8. The van der Waals surface area contributed by atoms with E-state index >= 15 is 0 Å². The van der Waals surface area contributed by atoms with E-state index in [-0.39, 0.29) is 18.2 Å². The Kier molecular flexibility index (Phi) is 4.49. The minimum Gasteiger partial charge on any atom is -0.454 e. The van der Waals surface area contributed by atoms with E-state index in [9.17, 15) is 4.79 Å². The fourth-order valence-electron chi connectivity index (χ4n) is 1.88. The van der Waals surface area contributed by atoms with Crippen LogP contribution in [-0.4, -0.2) is 24.8 Å². The first-order valence-corrected chi connectivity index (χ1v) is 6.90. The lowest BCUT2D eigenvalue weighted by molar-refractivity contribution is -0.121. The lowest BCUT2D eigenvalue weighted by atomic mass is 10.0. The molecule has 0 radical (unpaired) electrons. The SMILES string of the molecule is CCC(C)(C)NC(=O)CNCc1ccc2c(c1)OCO2. The van der Waals surface area contributed by atoms with Gasteiger partial charge in [-0.2, -0.15) is 0 Å². The molecule has 0 atom stereocenters. The van der Waals surface area contributed by atoms with E-state index in [4.69, 9.17) is 9.47 Å². The fraction of sp³-hybridized carbons (Fsp3) is 0.533. The van der Waals surface area contributed by atoms with Crippen LogP contribution in [0.3, 0.4) is 0 Å². The van der Waals surface area contributed by atoms with Crippen molar-refractivity contribution in [2.75, 3.05) is 13.3 Å². The number of nitrogens with one attached hydrogen (secondary N) is 2. The van der Waals surface area contributed by atoms with Crippen molar-refractivity contribution in [2.24, 2.45) is 0 Å². The first-order valence-electron chi connectivity index (χ1n) is 6.90. The van der Waals surface area contributed by atoms with Gasteiger partial charge in [-0.15, -0.1) is 0 Å². The molecule has 5 nitrogen and oxygen atoms in total. The fourth-order valence-corrected chi connectivity index (χ4v) is 1.88. The van der Waals surface area contributed by atoms with Gasteiger partial charge in [0.15, 0.2) is 11.5 Å². The molecular formula is C15H22N2O3. The molecule has 110 valence electrons. The second-order valence-electron chi connectivity index (χ2n) is 5.58. The molecular weight excluding hydrogens is 256 g/mol. The van der Waals surface area contributed by atoms with Crippen molar-refractivity contribution < 1.29 is 14.3 Å². The van der Waals surface area contributed by atoms with Crippen molar-refractivity contribution in [2.45, 2.75) is 39.3 Å². The lowest BCUT2D eigenvalue weighted by Gasteiger charge is -2.24. The zero-order valence-electron chi connectivity index (χ0n) is 12.3. The van der Waals surface area contributed by atoms with Crippen LogP contribution in [0.15, 0.2) is 18.2 Å². The van der Waals surface area contributed by atoms with E-state index in [0.29, 0.717) is 13.1 Å². The molecule has 1 aromatic rings. The van der Waals surface area contributed by atoms with Crippen LogP contribution in [0.5, 0.6) is 11.5 Å². The number of carbonyl (C=O) groups excluding carboxylic acids is 1. The summed E-state index contributed by atoms with van der Waals surface area (Å²) in [4.78, 5) is 11.8. The van der Waals surface area contributed by atoms with E-state index in [1.807, 2.05) is 32.0 Å². The molecule has 0 aromatic heterocycles. The molecule has 1 aromatic carbocycles. The molecule has 5 heteroatoms. The molecule has 2 N–H and O–H groups in total. The second-order valence-corrected chi connectivity index (χ2v) is 5.58. The molecule has 20 heavy (non-hydrogen) atoms. The molecule has 2 rings (SSSR count). The first kappa shape index (κ1) is 14.7. The summed E-state index contributed by atoms with van der Waals surface area (Å²) in [5.74, 6) is 1.55. The van der Waals surface area contributed by atoms with Gasteiger partial charge in [0.25, 0.3) is 0 Å². The Labute approximate surface area is 119 Å². The predicted octanol–water partition coefficient (Wildman–Crippen LogP) is 1.81. The van der Waals surface area contributed by atoms with Crippen molar-refractivity contribution in [3.8, 4) is 11.5 Å². The third kappa shape index (κ3) is 3.87. The maximum Gasteiger partial charge on any atom is 0.234 e. The Hall–Kier alpha value is -1.75. The minimum absolute atomic E-state index is 0.0117. The minimum atomic E-state index is -0.155. The monoisotopic (exact) mass is 278 g/mol. The van der Waals surface area contributed by atoms with E-state index in [2.05, 4.69) is 17.6 Å². The van der Waals surface area contributed by atoms with Crippen molar-refractivity contribution >= 4 is 5.91 Å². The van der Waals surface area contributed by atoms with E-state index in [1.54, 1.807) is 0 Å². The summed E-state index contributed by atoms with van der Waals surface area (Å²) >= 11 is 0. The average Bonchev–Trinajstić information content (AvgIpc) is 2.85. The number of ether oxygens (including phenoxy) is 2. The van der Waals surface area contributed by atoms with Gasteiger partial charge in [0.1, 0.15) is 0 Å². The smallest absolute Gasteiger partial charge is 0.234 e. The highest BCUT2D eigenvalue weighted by atomic mass is 16.7. The molecule has 0 unspecified atom stereocenters. The maximum atomic E-state index is 11.8. The van der Waals surface area contributed by atoms with Crippen LogP contribution in [-0.2, 0) is 11.3 Å². The molecule has 0 saturated heterocycles. The molecule has 1 aliphatic heterocycles. The molecule has 0 bridgehead atoms. The third-order valence-electron chi connectivity index (χ3n) is 3.41. The van der Waals surface area contributed by atoms with Gasteiger partial charge in [-0.25, -0.2) is 0 Å². The largest absolute Gasteiger partial charge is 0.454 e. The number of hydrogen-bond acceptors (Lipinski definition) is 4. The zero-order valence-corrected chi connectivity index (χ0v) is 12.3. The van der Waals surface area contributed by atoms with Gasteiger partial charge in [0.2, 0.25) is 12.7 Å². The Morgan fingerprint density at radius 2 is 2.05 bits per heavy atom. The van der Waals surface area contributed by atoms with E-state index < -0.39 is 0 Å². The number of hydrogen-bond donors (Lipinski definition) is 2.